The maximum absolute atomic E-state index is 13.1. The van der Waals surface area contributed by atoms with Crippen LogP contribution in [0.1, 0.15) is 49.0 Å². The number of hydrogen-bond donors (Lipinski definition) is 0. The van der Waals surface area contributed by atoms with Gasteiger partial charge < -0.3 is 14.4 Å². The topological polar surface area (TPSA) is 76.1 Å². The van der Waals surface area contributed by atoms with Crippen LogP contribution in [0.25, 0.3) is 0 Å². The first kappa shape index (κ1) is 22.6. The fourth-order valence-corrected chi connectivity index (χ4v) is 5.95. The van der Waals surface area contributed by atoms with E-state index in [0.29, 0.717) is 49.9 Å². The third-order valence-electron chi connectivity index (χ3n) is 6.10. The Morgan fingerprint density at radius 1 is 1.06 bits per heavy atom. The summed E-state index contributed by atoms with van der Waals surface area (Å²) < 4.78 is 38.8. The van der Waals surface area contributed by atoms with Crippen molar-refractivity contribution in [3.63, 3.8) is 0 Å². The molecule has 2 aromatic carbocycles. The van der Waals surface area contributed by atoms with Gasteiger partial charge in [0.2, 0.25) is 10.0 Å². The van der Waals surface area contributed by atoms with Gasteiger partial charge in [0.1, 0.15) is 13.2 Å². The summed E-state index contributed by atoms with van der Waals surface area (Å²) in [6.07, 6.45) is 2.81. The molecule has 0 saturated carbocycles. The number of sulfonamides is 1. The maximum atomic E-state index is 13.1. The van der Waals surface area contributed by atoms with E-state index < -0.39 is 10.0 Å². The summed E-state index contributed by atoms with van der Waals surface area (Å²) in [5.41, 5.74) is 1.41. The smallest absolute Gasteiger partial charge is 0.254 e. The number of fused-ring (bicyclic) bond motifs is 1. The highest BCUT2D eigenvalue weighted by molar-refractivity contribution is 7.89. The van der Waals surface area contributed by atoms with Crippen molar-refractivity contribution in [2.45, 2.75) is 50.6 Å². The van der Waals surface area contributed by atoms with Gasteiger partial charge in [0.15, 0.2) is 11.5 Å². The minimum absolute atomic E-state index is 0.00311. The lowest BCUT2D eigenvalue weighted by molar-refractivity contribution is 0.0752. The first-order valence-corrected chi connectivity index (χ1v) is 12.6. The molecule has 0 spiro atoms. The third kappa shape index (κ3) is 4.61. The summed E-state index contributed by atoms with van der Waals surface area (Å²) in [5, 5.41) is 0. The van der Waals surface area contributed by atoms with Crippen LogP contribution in [0.15, 0.2) is 47.4 Å². The van der Waals surface area contributed by atoms with Gasteiger partial charge in [-0.3, -0.25) is 4.79 Å². The van der Waals surface area contributed by atoms with Crippen LogP contribution in [-0.2, 0) is 16.6 Å². The molecule has 2 aromatic rings. The SMILES string of the molecule is CCN(Cc1ccc2c(c1)OCCO2)C(=O)c1ccc(S(=O)(=O)N2CCCCC2C)cc1. The van der Waals surface area contributed by atoms with Crippen molar-refractivity contribution in [3.8, 4) is 11.5 Å². The molecule has 1 amide bonds. The highest BCUT2D eigenvalue weighted by Gasteiger charge is 2.31. The van der Waals surface area contributed by atoms with Gasteiger partial charge in [-0.25, -0.2) is 8.42 Å². The molecule has 1 fully saturated rings. The fourth-order valence-electron chi connectivity index (χ4n) is 4.25. The quantitative estimate of drug-likeness (QED) is 0.660. The molecule has 1 atom stereocenters. The number of nitrogens with zero attached hydrogens (tertiary/aromatic N) is 2. The average Bonchev–Trinajstić information content (AvgIpc) is 2.82. The van der Waals surface area contributed by atoms with E-state index in [0.717, 1.165) is 24.8 Å². The number of piperidine rings is 1. The summed E-state index contributed by atoms with van der Waals surface area (Å²) in [6.45, 7) is 6.42. The summed E-state index contributed by atoms with van der Waals surface area (Å²) in [5.74, 6) is 1.27. The van der Waals surface area contributed by atoms with Crippen molar-refractivity contribution >= 4 is 15.9 Å². The van der Waals surface area contributed by atoms with Gasteiger partial charge in [0.25, 0.3) is 5.91 Å². The zero-order valence-corrected chi connectivity index (χ0v) is 19.4. The number of amides is 1. The zero-order chi connectivity index (χ0) is 22.7. The molecule has 2 heterocycles. The molecule has 0 N–H and O–H groups in total. The Balaban J connectivity index is 1.48. The number of carbonyl (C=O) groups excluding carboxylic acids is 1. The van der Waals surface area contributed by atoms with E-state index in [1.54, 1.807) is 33.5 Å². The predicted octanol–water partition coefficient (Wildman–Crippen LogP) is 3.68. The molecule has 8 heteroatoms. The Hall–Kier alpha value is -2.58. The van der Waals surface area contributed by atoms with Crippen molar-refractivity contribution < 1.29 is 22.7 Å². The Morgan fingerprint density at radius 3 is 2.47 bits per heavy atom. The Bertz CT molecular complexity index is 1070. The minimum atomic E-state index is -3.55. The highest BCUT2D eigenvalue weighted by Crippen LogP contribution is 2.31. The zero-order valence-electron chi connectivity index (χ0n) is 18.6. The van der Waals surface area contributed by atoms with Gasteiger partial charge in [-0.1, -0.05) is 12.5 Å². The van der Waals surface area contributed by atoms with Gasteiger partial charge in [0.05, 0.1) is 4.90 Å². The summed E-state index contributed by atoms with van der Waals surface area (Å²) in [4.78, 5) is 15.1. The Morgan fingerprint density at radius 2 is 1.78 bits per heavy atom. The number of rotatable bonds is 6. The van der Waals surface area contributed by atoms with E-state index in [1.807, 2.05) is 32.0 Å². The molecular formula is C24H30N2O5S. The average molecular weight is 459 g/mol. The van der Waals surface area contributed by atoms with Crippen LogP contribution in [0.5, 0.6) is 11.5 Å². The van der Waals surface area contributed by atoms with Crippen LogP contribution in [0, 0.1) is 0 Å². The predicted molar refractivity (Wildman–Crippen MR) is 121 cm³/mol. The lowest BCUT2D eigenvalue weighted by Gasteiger charge is -2.32. The molecule has 1 saturated heterocycles. The molecule has 0 aliphatic carbocycles. The van der Waals surface area contributed by atoms with Crippen molar-refractivity contribution in [1.29, 1.82) is 0 Å². The molecule has 7 nitrogen and oxygen atoms in total. The van der Waals surface area contributed by atoms with E-state index in [4.69, 9.17) is 9.47 Å². The Labute approximate surface area is 190 Å². The summed E-state index contributed by atoms with van der Waals surface area (Å²) in [7, 11) is -3.55. The number of ether oxygens (including phenoxy) is 2. The van der Waals surface area contributed by atoms with Gasteiger partial charge in [-0.2, -0.15) is 4.31 Å². The van der Waals surface area contributed by atoms with E-state index in [2.05, 4.69) is 0 Å². The number of benzene rings is 2. The van der Waals surface area contributed by atoms with E-state index >= 15 is 0 Å². The van der Waals surface area contributed by atoms with Crippen molar-refractivity contribution in [1.82, 2.24) is 9.21 Å². The number of hydrogen-bond acceptors (Lipinski definition) is 5. The van der Waals surface area contributed by atoms with Gasteiger partial charge in [0, 0.05) is 31.2 Å². The molecule has 32 heavy (non-hydrogen) atoms. The molecule has 2 aliphatic rings. The summed E-state index contributed by atoms with van der Waals surface area (Å²) in [6, 6.07) is 12.0. The normalized spacial score (nSPS) is 18.9. The molecule has 0 aromatic heterocycles. The second kappa shape index (κ2) is 9.50. The lowest BCUT2D eigenvalue weighted by Crippen LogP contribution is -2.41. The van der Waals surface area contributed by atoms with E-state index in [-0.39, 0.29) is 16.8 Å². The fraction of sp³-hybridized carbons (Fsp3) is 0.458. The molecule has 0 radical (unpaired) electrons. The van der Waals surface area contributed by atoms with E-state index in [9.17, 15) is 13.2 Å². The van der Waals surface area contributed by atoms with Crippen LogP contribution in [-0.4, -0.2) is 55.9 Å². The largest absolute Gasteiger partial charge is 0.486 e. The third-order valence-corrected chi connectivity index (χ3v) is 8.13. The molecule has 2 aliphatic heterocycles. The first-order valence-electron chi connectivity index (χ1n) is 11.2. The second-order valence-electron chi connectivity index (χ2n) is 8.28. The van der Waals surface area contributed by atoms with Gasteiger partial charge >= 0.3 is 0 Å². The molecule has 4 rings (SSSR count). The number of carbonyl (C=O) groups is 1. The monoisotopic (exact) mass is 458 g/mol. The van der Waals surface area contributed by atoms with Gasteiger partial charge in [-0.15, -0.1) is 0 Å². The van der Waals surface area contributed by atoms with Gasteiger partial charge in [-0.05, 0) is 68.7 Å². The van der Waals surface area contributed by atoms with Crippen LogP contribution < -0.4 is 9.47 Å². The minimum Gasteiger partial charge on any atom is -0.486 e. The van der Waals surface area contributed by atoms with Crippen molar-refractivity contribution in [2.24, 2.45) is 0 Å². The summed E-state index contributed by atoms with van der Waals surface area (Å²) >= 11 is 0. The van der Waals surface area contributed by atoms with Crippen LogP contribution >= 0.6 is 0 Å². The van der Waals surface area contributed by atoms with E-state index in [1.165, 1.54) is 0 Å². The van der Waals surface area contributed by atoms with Crippen molar-refractivity contribution in [2.75, 3.05) is 26.3 Å². The maximum Gasteiger partial charge on any atom is 0.254 e. The van der Waals surface area contributed by atoms with Crippen LogP contribution in [0.2, 0.25) is 0 Å². The van der Waals surface area contributed by atoms with Crippen LogP contribution in [0.4, 0.5) is 0 Å². The first-order chi connectivity index (χ1) is 15.4. The molecule has 0 bridgehead atoms. The van der Waals surface area contributed by atoms with Crippen LogP contribution in [0.3, 0.4) is 0 Å². The second-order valence-corrected chi connectivity index (χ2v) is 10.2. The van der Waals surface area contributed by atoms with Crippen molar-refractivity contribution in [3.05, 3.63) is 53.6 Å². The lowest BCUT2D eigenvalue weighted by atomic mass is 10.1. The Kier molecular flexibility index (Phi) is 6.71. The molecule has 1 unspecified atom stereocenters. The highest BCUT2D eigenvalue weighted by atomic mass is 32.2. The standard InChI is InChI=1S/C24H30N2O5S/c1-3-25(17-19-7-12-22-23(16-19)31-15-14-30-22)24(27)20-8-10-21(11-9-20)32(28,29)26-13-5-4-6-18(26)2/h7-12,16,18H,3-6,13-15,17H2,1-2H3. The molecule has 172 valence electrons. The molecular weight excluding hydrogens is 428 g/mol.